The molecule has 1 amide bonds. The van der Waals surface area contributed by atoms with Crippen LogP contribution in [-0.2, 0) is 6.54 Å². The molecule has 0 aliphatic rings. The summed E-state index contributed by atoms with van der Waals surface area (Å²) < 4.78 is 6.20. The summed E-state index contributed by atoms with van der Waals surface area (Å²) >= 11 is 3.46. The van der Waals surface area contributed by atoms with Gasteiger partial charge >= 0.3 is 0 Å². The number of carbonyl (C=O) groups excluding carboxylic acids is 1. The van der Waals surface area contributed by atoms with Crippen molar-refractivity contribution in [2.45, 2.75) is 20.4 Å². The Morgan fingerprint density at radius 3 is 2.81 bits per heavy atom. The molecule has 2 N–H and O–H groups in total. The molecular weight excluding hydrogens is 334 g/mol. The molecule has 0 saturated carbocycles. The van der Waals surface area contributed by atoms with E-state index in [1.54, 1.807) is 0 Å². The van der Waals surface area contributed by atoms with Crippen molar-refractivity contribution < 1.29 is 9.21 Å². The fourth-order valence-corrected chi connectivity index (χ4v) is 2.75. The number of rotatable bonds is 3. The van der Waals surface area contributed by atoms with Crippen molar-refractivity contribution in [3.8, 4) is 0 Å². The summed E-state index contributed by atoms with van der Waals surface area (Å²) in [4.78, 5) is 19.6. The van der Waals surface area contributed by atoms with E-state index >= 15 is 0 Å². The van der Waals surface area contributed by atoms with Gasteiger partial charge in [0.05, 0.1) is 16.7 Å². The van der Waals surface area contributed by atoms with Crippen molar-refractivity contribution in [2.24, 2.45) is 0 Å². The maximum absolute atomic E-state index is 12.3. The molecule has 5 nitrogen and oxygen atoms in total. The third-order valence-electron chi connectivity index (χ3n) is 3.34. The zero-order valence-electron chi connectivity index (χ0n) is 11.7. The topological polar surface area (TPSA) is 70.9 Å². The number of aromatic nitrogens is 2. The summed E-state index contributed by atoms with van der Waals surface area (Å²) in [5.74, 6) is 1.07. The second kappa shape index (κ2) is 5.37. The van der Waals surface area contributed by atoms with Crippen molar-refractivity contribution in [1.29, 1.82) is 0 Å². The third-order valence-corrected chi connectivity index (χ3v) is 4.17. The number of amides is 1. The van der Waals surface area contributed by atoms with Crippen molar-refractivity contribution in [3.05, 3.63) is 51.8 Å². The average Bonchev–Trinajstić information content (AvgIpc) is 2.98. The molecule has 2 aromatic heterocycles. The summed E-state index contributed by atoms with van der Waals surface area (Å²) in [5.41, 5.74) is 2.25. The molecule has 0 aliphatic carbocycles. The molecule has 0 atom stereocenters. The van der Waals surface area contributed by atoms with Crippen molar-refractivity contribution in [2.75, 3.05) is 0 Å². The normalized spacial score (nSPS) is 11.0. The molecule has 6 heteroatoms. The first kappa shape index (κ1) is 13.9. The van der Waals surface area contributed by atoms with Crippen LogP contribution in [0.25, 0.3) is 10.9 Å². The lowest BCUT2D eigenvalue weighted by molar-refractivity contribution is 0.0942. The van der Waals surface area contributed by atoms with Gasteiger partial charge in [-0.1, -0.05) is 18.2 Å². The number of carbonyl (C=O) groups is 1. The second-order valence-electron chi connectivity index (χ2n) is 4.79. The van der Waals surface area contributed by atoms with Crippen LogP contribution in [0.15, 0.2) is 33.2 Å². The molecular formula is C15H14BrN3O2. The Kier molecular flexibility index (Phi) is 3.55. The average molecular weight is 348 g/mol. The summed E-state index contributed by atoms with van der Waals surface area (Å²) in [7, 11) is 0. The van der Waals surface area contributed by atoms with Gasteiger partial charge in [0.1, 0.15) is 11.5 Å². The first-order chi connectivity index (χ1) is 10.1. The molecule has 21 heavy (non-hydrogen) atoms. The lowest BCUT2D eigenvalue weighted by Crippen LogP contribution is -2.23. The minimum absolute atomic E-state index is 0.202. The van der Waals surface area contributed by atoms with Gasteiger partial charge in [0.2, 0.25) is 5.89 Å². The fraction of sp³-hybridized carbons (Fsp3) is 0.200. The van der Waals surface area contributed by atoms with Gasteiger partial charge in [-0.2, -0.15) is 0 Å². The van der Waals surface area contributed by atoms with E-state index in [-0.39, 0.29) is 12.5 Å². The number of oxazole rings is 1. The van der Waals surface area contributed by atoms with Crippen molar-refractivity contribution in [3.63, 3.8) is 0 Å². The number of H-pyrrole nitrogens is 1. The van der Waals surface area contributed by atoms with Crippen LogP contribution in [0.5, 0.6) is 0 Å². The summed E-state index contributed by atoms with van der Waals surface area (Å²) in [6, 6.07) is 7.73. The van der Waals surface area contributed by atoms with Gasteiger partial charge < -0.3 is 14.7 Å². The molecule has 3 aromatic rings. The van der Waals surface area contributed by atoms with E-state index in [1.165, 1.54) is 0 Å². The molecule has 3 rings (SSSR count). The van der Waals surface area contributed by atoms with E-state index in [1.807, 2.05) is 38.1 Å². The van der Waals surface area contributed by atoms with Gasteiger partial charge in [0.25, 0.3) is 5.91 Å². The minimum atomic E-state index is -0.202. The number of aryl methyl sites for hydroxylation is 2. The highest BCUT2D eigenvalue weighted by Gasteiger charge is 2.16. The number of nitrogens with one attached hydrogen (secondary N) is 2. The Morgan fingerprint density at radius 1 is 1.38 bits per heavy atom. The first-order valence-electron chi connectivity index (χ1n) is 6.53. The summed E-state index contributed by atoms with van der Waals surface area (Å²) in [6.07, 6.45) is 0. The smallest absolute Gasteiger partial charge is 0.269 e. The zero-order valence-corrected chi connectivity index (χ0v) is 13.2. The Morgan fingerprint density at radius 2 is 2.14 bits per heavy atom. The van der Waals surface area contributed by atoms with Crippen LogP contribution in [0.2, 0.25) is 0 Å². The standard InChI is InChI=1S/C15H14BrN3O2/c1-8-9(2)21-12(18-8)7-17-15(20)14-13(16)10-5-3-4-6-11(10)19-14/h3-6,19H,7H2,1-2H3,(H,17,20). The highest BCUT2D eigenvalue weighted by molar-refractivity contribution is 9.10. The molecule has 1 aromatic carbocycles. The van der Waals surface area contributed by atoms with Gasteiger partial charge in [-0.3, -0.25) is 4.79 Å². The molecule has 0 aliphatic heterocycles. The summed E-state index contributed by atoms with van der Waals surface area (Å²) in [6.45, 7) is 3.98. The van der Waals surface area contributed by atoms with Crippen LogP contribution >= 0.6 is 15.9 Å². The Labute approximate surface area is 129 Å². The van der Waals surface area contributed by atoms with E-state index in [2.05, 4.69) is 31.2 Å². The highest BCUT2D eigenvalue weighted by Crippen LogP contribution is 2.27. The molecule has 2 heterocycles. The van der Waals surface area contributed by atoms with Gasteiger partial charge in [0.15, 0.2) is 0 Å². The highest BCUT2D eigenvalue weighted by atomic mass is 79.9. The number of hydrogen-bond acceptors (Lipinski definition) is 3. The summed E-state index contributed by atoms with van der Waals surface area (Å²) in [5, 5.41) is 3.78. The van der Waals surface area contributed by atoms with E-state index in [9.17, 15) is 4.79 Å². The Hall–Kier alpha value is -2.08. The van der Waals surface area contributed by atoms with E-state index < -0.39 is 0 Å². The number of aromatic amines is 1. The lowest BCUT2D eigenvalue weighted by atomic mass is 10.2. The Balaban J connectivity index is 1.79. The maximum Gasteiger partial charge on any atom is 0.269 e. The SMILES string of the molecule is Cc1nc(CNC(=O)c2[nH]c3ccccc3c2Br)oc1C. The van der Waals surface area contributed by atoms with Crippen LogP contribution in [0.3, 0.4) is 0 Å². The van der Waals surface area contributed by atoms with Gasteiger partial charge in [-0.25, -0.2) is 4.98 Å². The number of nitrogens with zero attached hydrogens (tertiary/aromatic N) is 1. The number of fused-ring (bicyclic) bond motifs is 1. The molecule has 0 saturated heterocycles. The van der Waals surface area contributed by atoms with Crippen LogP contribution < -0.4 is 5.32 Å². The molecule has 0 fully saturated rings. The van der Waals surface area contributed by atoms with Crippen molar-refractivity contribution >= 4 is 32.7 Å². The molecule has 0 unspecified atom stereocenters. The van der Waals surface area contributed by atoms with Crippen LogP contribution in [0, 0.1) is 13.8 Å². The van der Waals surface area contributed by atoms with Gasteiger partial charge in [0, 0.05) is 10.9 Å². The third kappa shape index (κ3) is 2.58. The van der Waals surface area contributed by atoms with Gasteiger partial charge in [-0.05, 0) is 35.8 Å². The predicted molar refractivity (Wildman–Crippen MR) is 83.1 cm³/mol. The largest absolute Gasteiger partial charge is 0.444 e. The second-order valence-corrected chi connectivity index (χ2v) is 5.58. The van der Waals surface area contributed by atoms with Crippen LogP contribution in [-0.4, -0.2) is 15.9 Å². The van der Waals surface area contributed by atoms with Crippen LogP contribution in [0.4, 0.5) is 0 Å². The van der Waals surface area contributed by atoms with E-state index in [0.29, 0.717) is 11.6 Å². The number of para-hydroxylation sites is 1. The van der Waals surface area contributed by atoms with E-state index in [4.69, 9.17) is 4.42 Å². The van der Waals surface area contributed by atoms with Crippen LogP contribution in [0.1, 0.15) is 27.8 Å². The minimum Gasteiger partial charge on any atom is -0.444 e. The first-order valence-corrected chi connectivity index (χ1v) is 7.33. The Bertz CT molecular complexity index is 800. The molecule has 0 spiro atoms. The van der Waals surface area contributed by atoms with Gasteiger partial charge in [-0.15, -0.1) is 0 Å². The monoisotopic (exact) mass is 347 g/mol. The molecule has 0 bridgehead atoms. The maximum atomic E-state index is 12.3. The zero-order chi connectivity index (χ0) is 15.0. The predicted octanol–water partition coefficient (Wildman–Crippen LogP) is 3.47. The fourth-order valence-electron chi connectivity index (χ4n) is 2.12. The number of halogens is 1. The quantitative estimate of drug-likeness (QED) is 0.761. The van der Waals surface area contributed by atoms with Crippen molar-refractivity contribution in [1.82, 2.24) is 15.3 Å². The molecule has 0 radical (unpaired) electrons. The number of hydrogen-bond donors (Lipinski definition) is 2. The van der Waals surface area contributed by atoms with E-state index in [0.717, 1.165) is 26.8 Å². The lowest BCUT2D eigenvalue weighted by Gasteiger charge is -2.01. The number of benzene rings is 1. The molecule has 108 valence electrons.